The second-order valence-electron chi connectivity index (χ2n) is 6.42. The maximum atomic E-state index is 12.1. The number of nitrogens with one attached hydrogen (secondary N) is 1. The van der Waals surface area contributed by atoms with E-state index in [2.05, 4.69) is 28.4 Å². The van der Waals surface area contributed by atoms with Crippen LogP contribution in [0, 0.1) is 0 Å². The molecule has 5 nitrogen and oxygen atoms in total. The average molecular weight is 347 g/mol. The minimum atomic E-state index is -0.0846. The second-order valence-corrected chi connectivity index (χ2v) is 7.46. The van der Waals surface area contributed by atoms with E-state index in [0.29, 0.717) is 13.1 Å². The van der Waals surface area contributed by atoms with Gasteiger partial charge in [0.2, 0.25) is 5.91 Å². The molecule has 0 unspecified atom stereocenters. The summed E-state index contributed by atoms with van der Waals surface area (Å²) in [6.07, 6.45) is 3.89. The van der Waals surface area contributed by atoms with E-state index in [-0.39, 0.29) is 17.7 Å². The monoisotopic (exact) mass is 347 g/mol. The van der Waals surface area contributed by atoms with Crippen LogP contribution in [0.25, 0.3) is 0 Å². The third-order valence-corrected chi connectivity index (χ3v) is 5.51. The maximum absolute atomic E-state index is 12.1. The number of piperidine rings is 1. The van der Waals surface area contributed by atoms with E-state index in [1.807, 2.05) is 6.07 Å². The van der Waals surface area contributed by atoms with Gasteiger partial charge in [-0.2, -0.15) is 0 Å². The molecule has 0 saturated carbocycles. The zero-order chi connectivity index (χ0) is 16.8. The van der Waals surface area contributed by atoms with E-state index < -0.39 is 0 Å². The molecule has 1 aromatic rings. The van der Waals surface area contributed by atoms with Crippen molar-refractivity contribution in [2.24, 2.45) is 0 Å². The fraction of sp³-hybridized carbons (Fsp3) is 0.556. The van der Waals surface area contributed by atoms with Crippen molar-refractivity contribution < 1.29 is 9.59 Å². The number of carbonyl (C=O) groups excluding carboxylic acids is 2. The molecule has 2 aliphatic heterocycles. The van der Waals surface area contributed by atoms with Crippen molar-refractivity contribution in [3.63, 3.8) is 0 Å². The van der Waals surface area contributed by atoms with Gasteiger partial charge in [0.05, 0.1) is 0 Å². The molecule has 0 aromatic heterocycles. The second kappa shape index (κ2) is 8.53. The van der Waals surface area contributed by atoms with Crippen molar-refractivity contribution in [2.45, 2.75) is 32.4 Å². The van der Waals surface area contributed by atoms with E-state index in [0.717, 1.165) is 25.4 Å². The number of rotatable bonds is 6. The molecule has 0 aliphatic carbocycles. The van der Waals surface area contributed by atoms with Crippen LogP contribution >= 0.6 is 11.8 Å². The highest BCUT2D eigenvalue weighted by atomic mass is 32.2. The van der Waals surface area contributed by atoms with E-state index in [4.69, 9.17) is 0 Å². The fourth-order valence-corrected chi connectivity index (χ4v) is 4.06. The first kappa shape index (κ1) is 17.3. The Bertz CT molecular complexity index is 587. The Morgan fingerprint density at radius 3 is 2.54 bits per heavy atom. The van der Waals surface area contributed by atoms with E-state index in [1.54, 1.807) is 4.90 Å². The Kier molecular flexibility index (Phi) is 6.15. The minimum absolute atomic E-state index is 0.00986. The summed E-state index contributed by atoms with van der Waals surface area (Å²) in [6, 6.07) is 8.31. The molecule has 1 N–H and O–H groups in total. The van der Waals surface area contributed by atoms with Crippen LogP contribution in [0.3, 0.4) is 0 Å². The summed E-state index contributed by atoms with van der Waals surface area (Å²) in [6.45, 7) is 4.64. The molecule has 2 aliphatic rings. The standard InChI is InChI=1S/C18H25N3O2S/c22-17(14-21-10-11-24-18(21)23)19-12-15-6-2-3-7-16(15)13-20-8-4-1-5-9-20/h2-3,6-7H,1,4-5,8-14H2,(H,19,22). The molecule has 0 spiro atoms. The largest absolute Gasteiger partial charge is 0.350 e. The van der Waals surface area contributed by atoms with Gasteiger partial charge in [-0.25, -0.2) is 0 Å². The lowest BCUT2D eigenvalue weighted by Gasteiger charge is -2.27. The highest BCUT2D eigenvalue weighted by molar-refractivity contribution is 8.13. The molecule has 3 rings (SSSR count). The number of thioether (sulfide) groups is 1. The van der Waals surface area contributed by atoms with Gasteiger partial charge < -0.3 is 10.2 Å². The molecule has 2 saturated heterocycles. The Labute approximate surface area is 147 Å². The molecule has 0 bridgehead atoms. The van der Waals surface area contributed by atoms with Crippen LogP contribution in [0.15, 0.2) is 24.3 Å². The van der Waals surface area contributed by atoms with Gasteiger partial charge in [0.25, 0.3) is 5.24 Å². The number of hydrogen-bond acceptors (Lipinski definition) is 4. The predicted octanol–water partition coefficient (Wildman–Crippen LogP) is 2.46. The number of carbonyl (C=O) groups is 2. The summed E-state index contributed by atoms with van der Waals surface area (Å²) >= 11 is 1.29. The zero-order valence-corrected chi connectivity index (χ0v) is 14.8. The fourth-order valence-electron chi connectivity index (χ4n) is 3.24. The first-order chi connectivity index (χ1) is 11.7. The topological polar surface area (TPSA) is 52.7 Å². The Balaban J connectivity index is 1.52. The van der Waals surface area contributed by atoms with Gasteiger partial charge in [0.15, 0.2) is 0 Å². The summed E-state index contributed by atoms with van der Waals surface area (Å²) in [5, 5.41) is 2.97. The summed E-state index contributed by atoms with van der Waals surface area (Å²) in [4.78, 5) is 27.8. The van der Waals surface area contributed by atoms with Crippen molar-refractivity contribution in [3.05, 3.63) is 35.4 Å². The van der Waals surface area contributed by atoms with Crippen molar-refractivity contribution in [2.75, 3.05) is 31.9 Å². The molecule has 0 atom stereocenters. The van der Waals surface area contributed by atoms with Crippen LogP contribution in [0.1, 0.15) is 30.4 Å². The highest BCUT2D eigenvalue weighted by Gasteiger charge is 2.23. The number of amides is 2. The normalized spacial score (nSPS) is 18.8. The molecule has 24 heavy (non-hydrogen) atoms. The number of likely N-dealkylation sites (tertiary alicyclic amines) is 1. The van der Waals surface area contributed by atoms with Gasteiger partial charge in [0.1, 0.15) is 6.54 Å². The predicted molar refractivity (Wildman–Crippen MR) is 96.8 cm³/mol. The van der Waals surface area contributed by atoms with E-state index >= 15 is 0 Å². The average Bonchev–Trinajstić information content (AvgIpc) is 3.00. The van der Waals surface area contributed by atoms with Crippen LogP contribution < -0.4 is 5.32 Å². The first-order valence-corrected chi connectivity index (χ1v) is 9.68. The minimum Gasteiger partial charge on any atom is -0.350 e. The molecule has 1 aromatic carbocycles. The molecule has 130 valence electrons. The third-order valence-electron chi connectivity index (χ3n) is 4.62. The van der Waals surface area contributed by atoms with E-state index in [1.165, 1.54) is 42.2 Å². The van der Waals surface area contributed by atoms with Crippen molar-refractivity contribution in [1.82, 2.24) is 15.1 Å². The smallest absolute Gasteiger partial charge is 0.282 e. The summed E-state index contributed by atoms with van der Waals surface area (Å²) in [5.74, 6) is 0.698. The summed E-state index contributed by atoms with van der Waals surface area (Å²) in [5.41, 5.74) is 2.45. The van der Waals surface area contributed by atoms with E-state index in [9.17, 15) is 9.59 Å². The lowest BCUT2D eigenvalue weighted by atomic mass is 10.0. The molecule has 0 radical (unpaired) electrons. The van der Waals surface area contributed by atoms with Crippen LogP contribution in [0.5, 0.6) is 0 Å². The van der Waals surface area contributed by atoms with Crippen LogP contribution in [-0.2, 0) is 17.9 Å². The van der Waals surface area contributed by atoms with Crippen LogP contribution in [0.4, 0.5) is 4.79 Å². The highest BCUT2D eigenvalue weighted by Crippen LogP contribution is 2.17. The lowest BCUT2D eigenvalue weighted by Crippen LogP contribution is -2.37. The van der Waals surface area contributed by atoms with Crippen molar-refractivity contribution in [3.8, 4) is 0 Å². The first-order valence-electron chi connectivity index (χ1n) is 8.70. The molecular formula is C18H25N3O2S. The van der Waals surface area contributed by atoms with Gasteiger partial charge in [-0.3, -0.25) is 14.5 Å². The van der Waals surface area contributed by atoms with Crippen molar-refractivity contribution in [1.29, 1.82) is 0 Å². The molecule has 2 fully saturated rings. The summed E-state index contributed by atoms with van der Waals surface area (Å²) < 4.78 is 0. The molecule has 2 amide bonds. The number of benzene rings is 1. The van der Waals surface area contributed by atoms with Gasteiger partial charge in [0, 0.05) is 25.4 Å². The summed E-state index contributed by atoms with van der Waals surface area (Å²) in [7, 11) is 0. The number of nitrogens with zero attached hydrogens (tertiary/aromatic N) is 2. The van der Waals surface area contributed by atoms with Crippen molar-refractivity contribution >= 4 is 22.9 Å². The van der Waals surface area contributed by atoms with Crippen LogP contribution in [0.2, 0.25) is 0 Å². The quantitative estimate of drug-likeness (QED) is 0.859. The van der Waals surface area contributed by atoms with Gasteiger partial charge in [-0.05, 0) is 37.1 Å². The third kappa shape index (κ3) is 4.74. The van der Waals surface area contributed by atoms with Gasteiger partial charge in [-0.1, -0.05) is 42.4 Å². The zero-order valence-electron chi connectivity index (χ0n) is 14.0. The SMILES string of the molecule is O=C(CN1CCSC1=O)NCc1ccccc1CN1CCCCC1. The molecule has 2 heterocycles. The van der Waals surface area contributed by atoms with Crippen LogP contribution in [-0.4, -0.2) is 52.9 Å². The maximum Gasteiger partial charge on any atom is 0.282 e. The lowest BCUT2D eigenvalue weighted by molar-refractivity contribution is -0.121. The van der Waals surface area contributed by atoms with Gasteiger partial charge in [-0.15, -0.1) is 0 Å². The number of hydrogen-bond donors (Lipinski definition) is 1. The Hall–Kier alpha value is -1.53. The Morgan fingerprint density at radius 1 is 1.08 bits per heavy atom. The molecular weight excluding hydrogens is 322 g/mol. The Morgan fingerprint density at radius 2 is 1.83 bits per heavy atom. The molecule has 6 heteroatoms. The van der Waals surface area contributed by atoms with Gasteiger partial charge >= 0.3 is 0 Å².